The van der Waals surface area contributed by atoms with E-state index in [1.165, 1.54) is 0 Å². The van der Waals surface area contributed by atoms with E-state index < -0.39 is 0 Å². The summed E-state index contributed by atoms with van der Waals surface area (Å²) in [5.74, 6) is 0. The first-order valence-electron chi connectivity index (χ1n) is 4.60. The summed E-state index contributed by atoms with van der Waals surface area (Å²) < 4.78 is 1.93. The molecule has 0 spiro atoms. The Hall–Kier alpha value is -2.04. The summed E-state index contributed by atoms with van der Waals surface area (Å²) in [5.41, 5.74) is 2.64. The van der Waals surface area contributed by atoms with Crippen LogP contribution in [0.1, 0.15) is 0 Å². The minimum atomic E-state index is -0.231. The minimum absolute atomic E-state index is 0.231. The number of anilines is 1. The average Bonchev–Trinajstić information content (AvgIpc) is 2.60. The lowest BCUT2D eigenvalue weighted by molar-refractivity contribution is 0.254. The lowest BCUT2D eigenvalue weighted by Gasteiger charge is -2.03. The number of aryl methyl sites for hydroxylation is 1. The minimum Gasteiger partial charge on any atom is -0.341 e. The molecule has 5 heteroatoms. The lowest BCUT2D eigenvalue weighted by atomic mass is 10.3. The molecule has 0 atom stereocenters. The van der Waals surface area contributed by atoms with Gasteiger partial charge in [0, 0.05) is 19.8 Å². The standard InChI is InChI=1S/C10H12N4O/c1-11-10(15)13-7-3-4-9-8(5-7)12-6-14(9)2/h3-6H,1-2H3,(H2,11,13,15). The predicted octanol–water partition coefficient (Wildman–Crippen LogP) is 1.32. The van der Waals surface area contributed by atoms with Crippen LogP contribution in [-0.2, 0) is 7.05 Å². The molecule has 0 aliphatic rings. The van der Waals surface area contributed by atoms with Crippen molar-refractivity contribution in [2.75, 3.05) is 12.4 Å². The summed E-state index contributed by atoms with van der Waals surface area (Å²) in [6.07, 6.45) is 1.74. The van der Waals surface area contributed by atoms with Gasteiger partial charge in [-0.3, -0.25) is 0 Å². The largest absolute Gasteiger partial charge is 0.341 e. The SMILES string of the molecule is CNC(=O)Nc1ccc2c(c1)ncn2C. The van der Waals surface area contributed by atoms with Crippen molar-refractivity contribution in [3.05, 3.63) is 24.5 Å². The third-order valence-corrected chi connectivity index (χ3v) is 2.21. The second-order valence-electron chi connectivity index (χ2n) is 3.26. The fourth-order valence-electron chi connectivity index (χ4n) is 1.41. The monoisotopic (exact) mass is 204 g/mol. The highest BCUT2D eigenvalue weighted by Crippen LogP contribution is 2.16. The van der Waals surface area contributed by atoms with E-state index in [1.54, 1.807) is 13.4 Å². The normalized spacial score (nSPS) is 10.3. The van der Waals surface area contributed by atoms with Gasteiger partial charge in [0.15, 0.2) is 0 Å². The van der Waals surface area contributed by atoms with Gasteiger partial charge in [0.1, 0.15) is 0 Å². The van der Waals surface area contributed by atoms with Crippen LogP contribution in [0.3, 0.4) is 0 Å². The number of carbonyl (C=O) groups is 1. The van der Waals surface area contributed by atoms with Crippen molar-refractivity contribution in [2.24, 2.45) is 7.05 Å². The zero-order chi connectivity index (χ0) is 10.8. The zero-order valence-corrected chi connectivity index (χ0v) is 8.61. The Morgan fingerprint density at radius 3 is 3.00 bits per heavy atom. The highest BCUT2D eigenvalue weighted by molar-refractivity contribution is 5.91. The van der Waals surface area contributed by atoms with Gasteiger partial charge in [-0.15, -0.1) is 0 Å². The first-order valence-corrected chi connectivity index (χ1v) is 4.60. The van der Waals surface area contributed by atoms with Crippen LogP contribution in [0.5, 0.6) is 0 Å². The molecule has 1 aromatic heterocycles. The third-order valence-electron chi connectivity index (χ3n) is 2.21. The maximum atomic E-state index is 11.1. The maximum absolute atomic E-state index is 11.1. The second kappa shape index (κ2) is 3.61. The summed E-state index contributed by atoms with van der Waals surface area (Å²) in [5, 5.41) is 5.18. The smallest absolute Gasteiger partial charge is 0.318 e. The van der Waals surface area contributed by atoms with Gasteiger partial charge >= 0.3 is 6.03 Å². The number of rotatable bonds is 1. The molecule has 0 bridgehead atoms. The van der Waals surface area contributed by atoms with Crippen molar-refractivity contribution in [1.82, 2.24) is 14.9 Å². The molecule has 15 heavy (non-hydrogen) atoms. The molecular weight excluding hydrogens is 192 g/mol. The quantitative estimate of drug-likeness (QED) is 0.736. The van der Waals surface area contributed by atoms with E-state index in [-0.39, 0.29) is 6.03 Å². The molecule has 0 unspecified atom stereocenters. The Morgan fingerprint density at radius 1 is 1.47 bits per heavy atom. The molecule has 2 aromatic rings. The Kier molecular flexibility index (Phi) is 2.29. The van der Waals surface area contributed by atoms with Crippen molar-refractivity contribution < 1.29 is 4.79 Å². The van der Waals surface area contributed by atoms with E-state index in [4.69, 9.17) is 0 Å². The Bertz CT molecular complexity index is 503. The Balaban J connectivity index is 2.35. The maximum Gasteiger partial charge on any atom is 0.318 e. The molecule has 0 saturated carbocycles. The summed E-state index contributed by atoms with van der Waals surface area (Å²) in [4.78, 5) is 15.3. The van der Waals surface area contributed by atoms with Crippen LogP contribution in [0.15, 0.2) is 24.5 Å². The number of benzene rings is 1. The molecule has 78 valence electrons. The molecule has 2 amide bonds. The van der Waals surface area contributed by atoms with Crippen molar-refractivity contribution >= 4 is 22.8 Å². The number of imidazole rings is 1. The zero-order valence-electron chi connectivity index (χ0n) is 8.61. The third kappa shape index (κ3) is 1.76. The summed E-state index contributed by atoms with van der Waals surface area (Å²) in [7, 11) is 3.51. The molecule has 1 aromatic carbocycles. The van der Waals surface area contributed by atoms with Gasteiger partial charge in [-0.25, -0.2) is 9.78 Å². The van der Waals surface area contributed by atoms with E-state index in [0.717, 1.165) is 16.7 Å². The summed E-state index contributed by atoms with van der Waals surface area (Å²) in [6, 6.07) is 5.38. The molecule has 1 heterocycles. The molecule has 5 nitrogen and oxygen atoms in total. The van der Waals surface area contributed by atoms with Crippen molar-refractivity contribution in [1.29, 1.82) is 0 Å². The molecule has 2 N–H and O–H groups in total. The van der Waals surface area contributed by atoms with Gasteiger partial charge in [-0.2, -0.15) is 0 Å². The van der Waals surface area contributed by atoms with E-state index in [9.17, 15) is 4.79 Å². The topological polar surface area (TPSA) is 59.0 Å². The van der Waals surface area contributed by atoms with Crippen LogP contribution in [0.2, 0.25) is 0 Å². The molecule has 0 aliphatic heterocycles. The first-order chi connectivity index (χ1) is 7.20. The highest BCUT2D eigenvalue weighted by atomic mass is 16.2. The summed E-state index contributed by atoms with van der Waals surface area (Å²) in [6.45, 7) is 0. The van der Waals surface area contributed by atoms with Gasteiger partial charge in [0.25, 0.3) is 0 Å². The highest BCUT2D eigenvalue weighted by Gasteiger charge is 2.02. The average molecular weight is 204 g/mol. The van der Waals surface area contributed by atoms with Crippen LogP contribution in [0.4, 0.5) is 10.5 Å². The number of carbonyl (C=O) groups excluding carboxylic acids is 1. The molecule has 0 fully saturated rings. The molecule has 0 radical (unpaired) electrons. The van der Waals surface area contributed by atoms with Gasteiger partial charge in [-0.1, -0.05) is 0 Å². The van der Waals surface area contributed by atoms with Gasteiger partial charge in [0.2, 0.25) is 0 Å². The number of hydrogen-bond donors (Lipinski definition) is 2. The van der Waals surface area contributed by atoms with E-state index >= 15 is 0 Å². The number of amides is 2. The van der Waals surface area contributed by atoms with E-state index in [1.807, 2.05) is 29.8 Å². The molecule has 0 aliphatic carbocycles. The number of nitrogens with one attached hydrogen (secondary N) is 2. The van der Waals surface area contributed by atoms with Crippen molar-refractivity contribution in [3.63, 3.8) is 0 Å². The molecule has 2 rings (SSSR count). The van der Waals surface area contributed by atoms with Crippen LogP contribution in [-0.4, -0.2) is 22.6 Å². The van der Waals surface area contributed by atoms with E-state index in [0.29, 0.717) is 0 Å². The van der Waals surface area contributed by atoms with Gasteiger partial charge in [-0.05, 0) is 18.2 Å². The number of urea groups is 1. The van der Waals surface area contributed by atoms with Crippen LogP contribution in [0, 0.1) is 0 Å². The lowest BCUT2D eigenvalue weighted by Crippen LogP contribution is -2.24. The molecule has 0 saturated heterocycles. The van der Waals surface area contributed by atoms with Crippen LogP contribution in [0.25, 0.3) is 11.0 Å². The van der Waals surface area contributed by atoms with Gasteiger partial charge < -0.3 is 15.2 Å². The van der Waals surface area contributed by atoms with Crippen LogP contribution >= 0.6 is 0 Å². The van der Waals surface area contributed by atoms with Crippen molar-refractivity contribution in [2.45, 2.75) is 0 Å². The Labute approximate surface area is 87.1 Å². The number of fused-ring (bicyclic) bond motifs is 1. The van der Waals surface area contributed by atoms with Gasteiger partial charge in [0.05, 0.1) is 17.4 Å². The fraction of sp³-hybridized carbons (Fsp3) is 0.200. The Morgan fingerprint density at radius 2 is 2.27 bits per heavy atom. The number of nitrogens with zero attached hydrogens (tertiary/aromatic N) is 2. The number of aromatic nitrogens is 2. The second-order valence-corrected chi connectivity index (χ2v) is 3.26. The molecular formula is C10H12N4O. The van der Waals surface area contributed by atoms with E-state index in [2.05, 4.69) is 15.6 Å². The number of hydrogen-bond acceptors (Lipinski definition) is 2. The summed E-state index contributed by atoms with van der Waals surface area (Å²) >= 11 is 0. The van der Waals surface area contributed by atoms with Crippen molar-refractivity contribution in [3.8, 4) is 0 Å². The van der Waals surface area contributed by atoms with Crippen LogP contribution < -0.4 is 10.6 Å². The predicted molar refractivity (Wildman–Crippen MR) is 58.8 cm³/mol. The first kappa shape index (κ1) is 9.51. The fourth-order valence-corrected chi connectivity index (χ4v) is 1.41.